The maximum Gasteiger partial charge on any atom is 0.417 e. The minimum Gasteiger partial charge on any atom is -0.408 e. The molecular weight excluding hydrogens is 382 g/mol. The number of H-pyrrole nitrogens is 1. The van der Waals surface area contributed by atoms with Crippen molar-refractivity contribution < 1.29 is 17.6 Å². The molecule has 1 aromatic heterocycles. The van der Waals surface area contributed by atoms with Gasteiger partial charge in [0.25, 0.3) is 0 Å². The fraction of sp³-hybridized carbons (Fsp3) is 0.125. The summed E-state index contributed by atoms with van der Waals surface area (Å²) in [4.78, 5) is 25.5. The molecule has 0 bridgehead atoms. The highest BCUT2D eigenvalue weighted by molar-refractivity contribution is 7.89. The van der Waals surface area contributed by atoms with E-state index < -0.39 is 21.7 Å². The van der Waals surface area contributed by atoms with Crippen LogP contribution in [0.15, 0.2) is 56.6 Å². The molecule has 0 spiro atoms. The number of rotatable bonds is 6. The van der Waals surface area contributed by atoms with Gasteiger partial charge in [-0.3, -0.25) is 9.78 Å². The number of amides is 1. The van der Waals surface area contributed by atoms with Crippen molar-refractivity contribution in [2.75, 3.05) is 11.9 Å². The number of hydrogen-bond acceptors (Lipinski definition) is 5. The number of carbonyl (C=O) groups excluding carboxylic acids is 1. The molecule has 10 heteroatoms. The lowest BCUT2D eigenvalue weighted by molar-refractivity contribution is -0.116. The van der Waals surface area contributed by atoms with Crippen molar-refractivity contribution >= 4 is 44.3 Å². The standard InChI is InChI=1S/C16H14ClN3O5S/c17-11-3-1-2-4-14(11)26(23,24)18-8-7-15(21)19-10-5-6-13-12(9-10)20-16(22)25-13/h1-6,9,18H,7-8H2,(H,19,21)(H,20,22). The van der Waals surface area contributed by atoms with Crippen molar-refractivity contribution in [3.05, 3.63) is 58.0 Å². The highest BCUT2D eigenvalue weighted by Crippen LogP contribution is 2.20. The molecule has 0 aliphatic heterocycles. The predicted molar refractivity (Wildman–Crippen MR) is 96.7 cm³/mol. The van der Waals surface area contributed by atoms with E-state index in [1.54, 1.807) is 30.3 Å². The molecule has 26 heavy (non-hydrogen) atoms. The summed E-state index contributed by atoms with van der Waals surface area (Å²) in [6.45, 7) is -0.0931. The zero-order valence-electron chi connectivity index (χ0n) is 13.3. The highest BCUT2D eigenvalue weighted by Gasteiger charge is 2.17. The van der Waals surface area contributed by atoms with Crippen LogP contribution in [-0.2, 0) is 14.8 Å². The first-order valence-corrected chi connectivity index (χ1v) is 9.38. The second-order valence-corrected chi connectivity index (χ2v) is 7.49. The number of aromatic nitrogens is 1. The SMILES string of the molecule is O=C(CCNS(=O)(=O)c1ccccc1Cl)Nc1ccc2oc(=O)[nH]c2c1. The molecule has 136 valence electrons. The molecule has 0 atom stereocenters. The van der Waals surface area contributed by atoms with Gasteiger partial charge in [-0.15, -0.1) is 0 Å². The van der Waals surface area contributed by atoms with Gasteiger partial charge in [-0.1, -0.05) is 23.7 Å². The Kier molecular flexibility index (Phi) is 5.12. The van der Waals surface area contributed by atoms with Crippen LogP contribution in [0.1, 0.15) is 6.42 Å². The molecule has 0 radical (unpaired) electrons. The third kappa shape index (κ3) is 4.13. The topological polar surface area (TPSA) is 121 Å². The van der Waals surface area contributed by atoms with Crippen molar-refractivity contribution in [2.45, 2.75) is 11.3 Å². The van der Waals surface area contributed by atoms with Gasteiger partial charge in [0.1, 0.15) is 4.90 Å². The maximum atomic E-state index is 12.2. The predicted octanol–water partition coefficient (Wildman–Crippen LogP) is 2.08. The van der Waals surface area contributed by atoms with E-state index in [0.717, 1.165) is 0 Å². The van der Waals surface area contributed by atoms with Crippen LogP contribution < -0.4 is 15.8 Å². The van der Waals surface area contributed by atoms with Gasteiger partial charge >= 0.3 is 5.76 Å². The van der Waals surface area contributed by atoms with E-state index in [1.807, 2.05) is 0 Å². The molecule has 0 aliphatic carbocycles. The van der Waals surface area contributed by atoms with Crippen molar-refractivity contribution in [3.8, 4) is 0 Å². The molecule has 0 unspecified atom stereocenters. The largest absolute Gasteiger partial charge is 0.417 e. The second kappa shape index (κ2) is 7.32. The number of sulfonamides is 1. The van der Waals surface area contributed by atoms with Gasteiger partial charge in [0.2, 0.25) is 15.9 Å². The van der Waals surface area contributed by atoms with Crippen LogP contribution in [0.5, 0.6) is 0 Å². The number of carbonyl (C=O) groups is 1. The number of oxazole rings is 1. The third-order valence-electron chi connectivity index (χ3n) is 3.47. The second-order valence-electron chi connectivity index (χ2n) is 5.35. The number of halogens is 1. The van der Waals surface area contributed by atoms with Gasteiger partial charge in [0.05, 0.1) is 10.5 Å². The molecule has 0 saturated heterocycles. The number of nitrogens with one attached hydrogen (secondary N) is 3. The molecule has 2 aromatic carbocycles. The number of aromatic amines is 1. The lowest BCUT2D eigenvalue weighted by Gasteiger charge is -2.08. The molecule has 0 aliphatic rings. The van der Waals surface area contributed by atoms with E-state index in [0.29, 0.717) is 16.8 Å². The molecule has 3 rings (SSSR count). The van der Waals surface area contributed by atoms with Crippen LogP contribution in [0.2, 0.25) is 5.02 Å². The molecule has 3 aromatic rings. The summed E-state index contributed by atoms with van der Waals surface area (Å²) >= 11 is 5.88. The zero-order valence-corrected chi connectivity index (χ0v) is 14.9. The van der Waals surface area contributed by atoms with Gasteiger partial charge < -0.3 is 9.73 Å². The first-order valence-electron chi connectivity index (χ1n) is 7.52. The summed E-state index contributed by atoms with van der Waals surface area (Å²) in [6, 6.07) is 10.7. The summed E-state index contributed by atoms with van der Waals surface area (Å²) in [5.41, 5.74) is 1.28. The minimum atomic E-state index is -3.80. The highest BCUT2D eigenvalue weighted by atomic mass is 35.5. The van der Waals surface area contributed by atoms with E-state index in [2.05, 4.69) is 15.0 Å². The fourth-order valence-electron chi connectivity index (χ4n) is 2.29. The van der Waals surface area contributed by atoms with E-state index in [1.165, 1.54) is 12.1 Å². The van der Waals surface area contributed by atoms with Gasteiger partial charge in [-0.25, -0.2) is 17.9 Å². The smallest absolute Gasteiger partial charge is 0.408 e. The molecule has 0 saturated carbocycles. The Balaban J connectivity index is 1.58. The van der Waals surface area contributed by atoms with Crippen LogP contribution in [0, 0.1) is 0 Å². The fourth-order valence-corrected chi connectivity index (χ4v) is 3.84. The Morgan fingerprint density at radius 2 is 1.96 bits per heavy atom. The van der Waals surface area contributed by atoms with Crippen molar-refractivity contribution in [2.24, 2.45) is 0 Å². The summed E-state index contributed by atoms with van der Waals surface area (Å²) in [7, 11) is -3.80. The Bertz CT molecular complexity index is 1120. The van der Waals surface area contributed by atoms with Gasteiger partial charge in [0, 0.05) is 18.7 Å². The van der Waals surface area contributed by atoms with E-state index in [9.17, 15) is 18.0 Å². The Hall–Kier alpha value is -2.62. The monoisotopic (exact) mass is 395 g/mol. The van der Waals surface area contributed by atoms with Crippen LogP contribution in [0.4, 0.5) is 5.69 Å². The Morgan fingerprint density at radius 1 is 1.19 bits per heavy atom. The summed E-state index contributed by atoms with van der Waals surface area (Å²) < 4.78 is 31.5. The normalized spacial score (nSPS) is 11.6. The first kappa shape index (κ1) is 18.2. The maximum absolute atomic E-state index is 12.2. The van der Waals surface area contributed by atoms with Crippen LogP contribution in [0.25, 0.3) is 11.1 Å². The van der Waals surface area contributed by atoms with Gasteiger partial charge in [-0.2, -0.15) is 0 Å². The molecule has 0 fully saturated rings. The average Bonchev–Trinajstić information content (AvgIpc) is 2.94. The van der Waals surface area contributed by atoms with Crippen molar-refractivity contribution in [3.63, 3.8) is 0 Å². The van der Waals surface area contributed by atoms with Gasteiger partial charge in [-0.05, 0) is 30.3 Å². The number of fused-ring (bicyclic) bond motifs is 1. The summed E-state index contributed by atoms with van der Waals surface area (Å²) in [6.07, 6.45) is -0.0797. The van der Waals surface area contributed by atoms with E-state index in [-0.39, 0.29) is 22.9 Å². The number of anilines is 1. The van der Waals surface area contributed by atoms with E-state index >= 15 is 0 Å². The number of benzene rings is 2. The average molecular weight is 396 g/mol. The Morgan fingerprint density at radius 3 is 2.73 bits per heavy atom. The van der Waals surface area contributed by atoms with Crippen molar-refractivity contribution in [1.82, 2.24) is 9.71 Å². The van der Waals surface area contributed by atoms with E-state index in [4.69, 9.17) is 16.0 Å². The molecular formula is C16H14ClN3O5S. The zero-order chi connectivity index (χ0) is 18.7. The molecule has 1 heterocycles. The minimum absolute atomic E-state index is 0.0450. The molecule has 3 N–H and O–H groups in total. The van der Waals surface area contributed by atoms with Crippen LogP contribution >= 0.6 is 11.6 Å². The number of hydrogen-bond donors (Lipinski definition) is 3. The summed E-state index contributed by atoms with van der Waals surface area (Å²) in [5.74, 6) is -0.977. The van der Waals surface area contributed by atoms with Crippen LogP contribution in [0.3, 0.4) is 0 Å². The van der Waals surface area contributed by atoms with Crippen molar-refractivity contribution in [1.29, 1.82) is 0 Å². The first-order chi connectivity index (χ1) is 12.3. The van der Waals surface area contributed by atoms with Gasteiger partial charge in [0.15, 0.2) is 5.58 Å². The molecule has 1 amide bonds. The van der Waals surface area contributed by atoms with Crippen LogP contribution in [-0.4, -0.2) is 25.9 Å². The Labute approximate surface area is 153 Å². The lowest BCUT2D eigenvalue weighted by Crippen LogP contribution is -2.28. The third-order valence-corrected chi connectivity index (χ3v) is 5.43. The summed E-state index contributed by atoms with van der Waals surface area (Å²) in [5, 5.41) is 2.72. The molecule has 8 nitrogen and oxygen atoms in total. The quantitative estimate of drug-likeness (QED) is 0.590. The lowest BCUT2D eigenvalue weighted by atomic mass is 10.2.